The van der Waals surface area contributed by atoms with Gasteiger partial charge in [-0.15, -0.1) is 0 Å². The smallest absolute Gasteiger partial charge is 0.0804 e. The van der Waals surface area contributed by atoms with Crippen LogP contribution in [0, 0.1) is 6.92 Å². The average molecular weight is 297 g/mol. The minimum absolute atomic E-state index is 0.414. The summed E-state index contributed by atoms with van der Waals surface area (Å²) < 4.78 is 0. The van der Waals surface area contributed by atoms with E-state index in [-0.39, 0.29) is 0 Å². The van der Waals surface area contributed by atoms with Crippen LogP contribution in [0.5, 0.6) is 0 Å². The fraction of sp³-hybridized carbons (Fsp3) is 0.667. The maximum Gasteiger partial charge on any atom is 0.0804 e. The monoisotopic (exact) mass is 296 g/mol. The zero-order valence-corrected chi connectivity index (χ0v) is 13.8. The third-order valence-corrected chi connectivity index (χ3v) is 4.43. The summed E-state index contributed by atoms with van der Waals surface area (Å²) in [6, 6.07) is 5.88. The van der Waals surface area contributed by atoms with Gasteiger partial charge in [-0.3, -0.25) is 0 Å². The lowest BCUT2D eigenvalue weighted by Crippen LogP contribution is -1.99. The van der Waals surface area contributed by atoms with Crippen LogP contribution in [0.15, 0.2) is 18.2 Å². The molecule has 114 valence electrons. The van der Waals surface area contributed by atoms with Crippen molar-refractivity contribution in [2.75, 3.05) is 0 Å². The number of halogens is 1. The first-order valence-electron chi connectivity index (χ1n) is 8.10. The van der Waals surface area contributed by atoms with E-state index < -0.39 is 6.10 Å². The lowest BCUT2D eigenvalue weighted by Gasteiger charge is -2.14. The molecule has 1 unspecified atom stereocenters. The van der Waals surface area contributed by atoms with Crippen LogP contribution in [-0.2, 0) is 0 Å². The van der Waals surface area contributed by atoms with Crippen LogP contribution in [0.3, 0.4) is 0 Å². The van der Waals surface area contributed by atoms with E-state index in [4.69, 9.17) is 11.6 Å². The van der Waals surface area contributed by atoms with Crippen molar-refractivity contribution in [2.45, 2.75) is 77.7 Å². The first-order chi connectivity index (χ1) is 9.66. The summed E-state index contributed by atoms with van der Waals surface area (Å²) in [6.45, 7) is 4.23. The van der Waals surface area contributed by atoms with Crippen LogP contribution in [-0.4, -0.2) is 5.11 Å². The van der Waals surface area contributed by atoms with Gasteiger partial charge in [0.15, 0.2) is 0 Å². The van der Waals surface area contributed by atoms with E-state index in [1.54, 1.807) is 0 Å². The van der Waals surface area contributed by atoms with Gasteiger partial charge in [0.05, 0.1) is 6.10 Å². The van der Waals surface area contributed by atoms with E-state index in [1.807, 2.05) is 25.1 Å². The fourth-order valence-corrected chi connectivity index (χ4v) is 2.81. The van der Waals surface area contributed by atoms with Crippen molar-refractivity contribution in [3.63, 3.8) is 0 Å². The molecule has 0 bridgehead atoms. The molecule has 1 aromatic rings. The van der Waals surface area contributed by atoms with E-state index in [0.717, 1.165) is 29.0 Å². The van der Waals surface area contributed by atoms with E-state index in [1.165, 1.54) is 44.9 Å². The Labute approximate surface area is 129 Å². The molecule has 0 aliphatic rings. The van der Waals surface area contributed by atoms with Crippen molar-refractivity contribution in [1.82, 2.24) is 0 Å². The third kappa shape index (κ3) is 6.28. The molecule has 0 heterocycles. The van der Waals surface area contributed by atoms with Crippen LogP contribution in [0.2, 0.25) is 5.02 Å². The highest BCUT2D eigenvalue weighted by atomic mass is 35.5. The van der Waals surface area contributed by atoms with Gasteiger partial charge in [-0.05, 0) is 24.5 Å². The number of rotatable bonds is 10. The highest BCUT2D eigenvalue weighted by Gasteiger charge is 2.12. The summed E-state index contributed by atoms with van der Waals surface area (Å²) in [5, 5.41) is 10.9. The highest BCUT2D eigenvalue weighted by molar-refractivity contribution is 6.32. The predicted octanol–water partition coefficient (Wildman–Crippen LogP) is 6.21. The second-order valence-electron chi connectivity index (χ2n) is 5.76. The Hall–Kier alpha value is -0.530. The summed E-state index contributed by atoms with van der Waals surface area (Å²) in [4.78, 5) is 0. The van der Waals surface area contributed by atoms with Gasteiger partial charge in [0, 0.05) is 5.02 Å². The molecule has 0 amide bonds. The Balaban J connectivity index is 2.17. The SMILES string of the molecule is CCCCCCCCCCC(O)c1cccc(C)c1Cl. The van der Waals surface area contributed by atoms with Gasteiger partial charge in [-0.2, -0.15) is 0 Å². The van der Waals surface area contributed by atoms with Crippen LogP contribution >= 0.6 is 11.6 Å². The van der Waals surface area contributed by atoms with Gasteiger partial charge in [-0.1, -0.05) is 88.1 Å². The van der Waals surface area contributed by atoms with Crippen LogP contribution < -0.4 is 0 Å². The van der Waals surface area contributed by atoms with E-state index in [9.17, 15) is 5.11 Å². The average Bonchev–Trinajstić information content (AvgIpc) is 2.44. The molecule has 0 fully saturated rings. The van der Waals surface area contributed by atoms with Crippen molar-refractivity contribution in [3.8, 4) is 0 Å². The van der Waals surface area contributed by atoms with Gasteiger partial charge >= 0.3 is 0 Å². The second-order valence-corrected chi connectivity index (χ2v) is 6.14. The Morgan fingerprint density at radius 1 is 1.00 bits per heavy atom. The third-order valence-electron chi connectivity index (χ3n) is 3.91. The van der Waals surface area contributed by atoms with E-state index in [0.29, 0.717) is 0 Å². The van der Waals surface area contributed by atoms with Crippen molar-refractivity contribution in [2.24, 2.45) is 0 Å². The number of aliphatic hydroxyl groups excluding tert-OH is 1. The Morgan fingerprint density at radius 3 is 2.25 bits per heavy atom. The summed E-state index contributed by atoms with van der Waals surface area (Å²) in [7, 11) is 0. The van der Waals surface area contributed by atoms with Crippen molar-refractivity contribution < 1.29 is 5.11 Å². The highest BCUT2D eigenvalue weighted by Crippen LogP contribution is 2.29. The number of hydrogen-bond donors (Lipinski definition) is 1. The van der Waals surface area contributed by atoms with E-state index in [2.05, 4.69) is 6.92 Å². The number of unbranched alkanes of at least 4 members (excludes halogenated alkanes) is 7. The standard InChI is InChI=1S/C18H29ClO/c1-3-4-5-6-7-8-9-10-14-17(20)16-13-11-12-15(2)18(16)19/h11-13,17,20H,3-10,14H2,1-2H3. The predicted molar refractivity (Wildman–Crippen MR) is 88.4 cm³/mol. The molecule has 0 saturated heterocycles. The van der Waals surface area contributed by atoms with Gasteiger partial charge < -0.3 is 5.11 Å². The lowest BCUT2D eigenvalue weighted by atomic mass is 10.0. The molecule has 20 heavy (non-hydrogen) atoms. The topological polar surface area (TPSA) is 20.2 Å². The first-order valence-corrected chi connectivity index (χ1v) is 8.47. The molecule has 0 spiro atoms. The van der Waals surface area contributed by atoms with Gasteiger partial charge in [0.25, 0.3) is 0 Å². The Morgan fingerprint density at radius 2 is 1.60 bits per heavy atom. The molecule has 1 N–H and O–H groups in total. The van der Waals surface area contributed by atoms with E-state index >= 15 is 0 Å². The van der Waals surface area contributed by atoms with Crippen molar-refractivity contribution >= 4 is 11.6 Å². The number of aliphatic hydroxyl groups is 1. The summed E-state index contributed by atoms with van der Waals surface area (Å²) in [5.74, 6) is 0. The minimum Gasteiger partial charge on any atom is -0.388 e. The summed E-state index contributed by atoms with van der Waals surface area (Å²) in [5.41, 5.74) is 1.92. The maximum atomic E-state index is 10.2. The zero-order chi connectivity index (χ0) is 14.8. The molecule has 0 saturated carbocycles. The molecule has 1 nitrogen and oxygen atoms in total. The quantitative estimate of drug-likeness (QED) is 0.509. The molecule has 0 aromatic heterocycles. The van der Waals surface area contributed by atoms with Crippen LogP contribution in [0.1, 0.15) is 81.9 Å². The summed E-state index contributed by atoms with van der Waals surface area (Å²) >= 11 is 6.24. The molecular formula is C18H29ClO. The molecule has 1 aromatic carbocycles. The van der Waals surface area contributed by atoms with Crippen LogP contribution in [0.25, 0.3) is 0 Å². The van der Waals surface area contributed by atoms with Crippen LogP contribution in [0.4, 0.5) is 0 Å². The van der Waals surface area contributed by atoms with Gasteiger partial charge in [-0.25, -0.2) is 0 Å². The first kappa shape index (κ1) is 17.5. The van der Waals surface area contributed by atoms with Crippen molar-refractivity contribution in [1.29, 1.82) is 0 Å². The molecule has 1 rings (SSSR count). The lowest BCUT2D eigenvalue weighted by molar-refractivity contribution is 0.163. The fourth-order valence-electron chi connectivity index (χ4n) is 2.55. The van der Waals surface area contributed by atoms with Gasteiger partial charge in [0.1, 0.15) is 0 Å². The zero-order valence-electron chi connectivity index (χ0n) is 13.0. The Bertz CT molecular complexity index is 376. The molecule has 0 aliphatic heterocycles. The number of benzene rings is 1. The number of aryl methyl sites for hydroxylation is 1. The molecule has 1 atom stereocenters. The Kier molecular flexibility index (Phi) is 8.97. The second kappa shape index (κ2) is 10.2. The molecule has 0 aliphatic carbocycles. The minimum atomic E-state index is -0.414. The largest absolute Gasteiger partial charge is 0.388 e. The maximum absolute atomic E-state index is 10.2. The normalized spacial score (nSPS) is 12.6. The summed E-state index contributed by atoms with van der Waals surface area (Å²) in [6.07, 6.45) is 10.7. The van der Waals surface area contributed by atoms with Gasteiger partial charge in [0.2, 0.25) is 0 Å². The molecule has 0 radical (unpaired) electrons. The molecule has 2 heteroatoms. The van der Waals surface area contributed by atoms with Crippen molar-refractivity contribution in [3.05, 3.63) is 34.3 Å². The number of hydrogen-bond acceptors (Lipinski definition) is 1. The molecular weight excluding hydrogens is 268 g/mol.